The van der Waals surface area contributed by atoms with Crippen molar-refractivity contribution in [1.29, 1.82) is 0 Å². The monoisotopic (exact) mass is 322 g/mol. The van der Waals surface area contributed by atoms with Gasteiger partial charge in [0, 0.05) is 11.9 Å². The van der Waals surface area contributed by atoms with Crippen molar-refractivity contribution in [3.8, 4) is 5.75 Å². The first-order chi connectivity index (χ1) is 10.5. The zero-order valence-electron chi connectivity index (χ0n) is 11.4. The number of hydrogen-bond acceptors (Lipinski definition) is 5. The molecular formula is C13H14N4O4S. The van der Waals surface area contributed by atoms with Gasteiger partial charge in [0.15, 0.2) is 0 Å². The second kappa shape index (κ2) is 5.26. The highest BCUT2D eigenvalue weighted by Crippen LogP contribution is 2.32. The molecule has 116 valence electrons. The fraction of sp³-hybridized carbons (Fsp3) is 0.154. The van der Waals surface area contributed by atoms with E-state index in [4.69, 9.17) is 0 Å². The second-order valence-corrected chi connectivity index (χ2v) is 6.37. The second-order valence-electron chi connectivity index (χ2n) is 4.82. The third-order valence-corrected chi connectivity index (χ3v) is 4.54. The Labute approximate surface area is 126 Å². The number of aromatic amines is 1. The van der Waals surface area contributed by atoms with Crippen molar-refractivity contribution in [3.05, 3.63) is 53.8 Å². The van der Waals surface area contributed by atoms with Crippen LogP contribution in [0, 0.1) is 0 Å². The van der Waals surface area contributed by atoms with Crippen LogP contribution in [0.2, 0.25) is 0 Å². The van der Waals surface area contributed by atoms with E-state index < -0.39 is 16.1 Å². The smallest absolute Gasteiger partial charge is 0.330 e. The SMILES string of the molecule is O=S1(=O)NC(O)=CN1c1ccc(CCc2ccn[nH]2)cc1O. The van der Waals surface area contributed by atoms with Crippen LogP contribution in [0.4, 0.5) is 5.69 Å². The largest absolute Gasteiger partial charge is 0.506 e. The molecule has 0 radical (unpaired) electrons. The van der Waals surface area contributed by atoms with Crippen LogP contribution in [0.25, 0.3) is 0 Å². The molecular weight excluding hydrogens is 308 g/mol. The van der Waals surface area contributed by atoms with E-state index >= 15 is 0 Å². The molecule has 0 saturated heterocycles. The third-order valence-electron chi connectivity index (χ3n) is 3.25. The lowest BCUT2D eigenvalue weighted by atomic mass is 10.1. The van der Waals surface area contributed by atoms with Crippen LogP contribution in [0.3, 0.4) is 0 Å². The van der Waals surface area contributed by atoms with Gasteiger partial charge in [0.1, 0.15) is 11.4 Å². The molecule has 22 heavy (non-hydrogen) atoms. The number of anilines is 1. The number of H-pyrrole nitrogens is 1. The van der Waals surface area contributed by atoms with Gasteiger partial charge in [-0.3, -0.25) is 5.10 Å². The van der Waals surface area contributed by atoms with Crippen LogP contribution in [-0.4, -0.2) is 28.8 Å². The molecule has 0 fully saturated rings. The Hall–Kier alpha value is -2.68. The highest BCUT2D eigenvalue weighted by atomic mass is 32.2. The molecule has 1 aliphatic heterocycles. The quantitative estimate of drug-likeness (QED) is 0.667. The molecule has 1 aromatic heterocycles. The highest BCUT2D eigenvalue weighted by molar-refractivity contribution is 7.91. The van der Waals surface area contributed by atoms with Crippen LogP contribution in [0.15, 0.2) is 42.5 Å². The summed E-state index contributed by atoms with van der Waals surface area (Å²) in [6.45, 7) is 0. The van der Waals surface area contributed by atoms with Gasteiger partial charge in [0.2, 0.25) is 5.88 Å². The maximum Gasteiger partial charge on any atom is 0.330 e. The number of aromatic nitrogens is 2. The van der Waals surface area contributed by atoms with Crippen molar-refractivity contribution in [1.82, 2.24) is 14.9 Å². The van der Waals surface area contributed by atoms with Crippen LogP contribution < -0.4 is 9.03 Å². The first kappa shape index (κ1) is 14.3. The Bertz CT molecular complexity index is 815. The number of nitrogens with one attached hydrogen (secondary N) is 2. The molecule has 9 heteroatoms. The summed E-state index contributed by atoms with van der Waals surface area (Å²) in [7, 11) is -3.90. The number of aryl methyl sites for hydroxylation is 2. The molecule has 0 atom stereocenters. The van der Waals surface area contributed by atoms with Crippen LogP contribution in [0.1, 0.15) is 11.3 Å². The molecule has 0 bridgehead atoms. The van der Waals surface area contributed by atoms with Crippen molar-refractivity contribution in [3.63, 3.8) is 0 Å². The zero-order valence-corrected chi connectivity index (χ0v) is 12.2. The Morgan fingerprint density at radius 2 is 2.00 bits per heavy atom. The third kappa shape index (κ3) is 2.70. The molecule has 4 N–H and O–H groups in total. The maximum atomic E-state index is 11.8. The van der Waals surface area contributed by atoms with Crippen LogP contribution in [0.5, 0.6) is 5.75 Å². The lowest BCUT2D eigenvalue weighted by Gasteiger charge is -2.16. The molecule has 0 unspecified atom stereocenters. The summed E-state index contributed by atoms with van der Waals surface area (Å²) in [6.07, 6.45) is 4.06. The van der Waals surface area contributed by atoms with Gasteiger partial charge >= 0.3 is 10.2 Å². The van der Waals surface area contributed by atoms with E-state index in [1.807, 2.05) is 10.8 Å². The maximum absolute atomic E-state index is 11.8. The minimum atomic E-state index is -3.90. The molecule has 3 rings (SSSR count). The zero-order chi connectivity index (χ0) is 15.7. The summed E-state index contributed by atoms with van der Waals surface area (Å²) in [5.41, 5.74) is 1.90. The Morgan fingerprint density at radius 3 is 2.59 bits per heavy atom. The van der Waals surface area contributed by atoms with Crippen molar-refractivity contribution in [2.75, 3.05) is 4.31 Å². The van der Waals surface area contributed by atoms with E-state index in [0.29, 0.717) is 6.42 Å². The summed E-state index contributed by atoms with van der Waals surface area (Å²) in [5.74, 6) is -0.679. The Balaban J connectivity index is 1.81. The molecule has 0 aliphatic carbocycles. The van der Waals surface area contributed by atoms with E-state index in [1.54, 1.807) is 12.3 Å². The minimum Gasteiger partial charge on any atom is -0.506 e. The van der Waals surface area contributed by atoms with E-state index in [2.05, 4.69) is 10.2 Å². The Kier molecular flexibility index (Phi) is 3.41. The lowest BCUT2D eigenvalue weighted by molar-refractivity contribution is 0.392. The fourth-order valence-electron chi connectivity index (χ4n) is 2.20. The van der Waals surface area contributed by atoms with Gasteiger partial charge < -0.3 is 10.2 Å². The molecule has 2 heterocycles. The number of aliphatic hydroxyl groups excluding tert-OH is 1. The van der Waals surface area contributed by atoms with E-state index in [1.165, 1.54) is 12.1 Å². The van der Waals surface area contributed by atoms with Gasteiger partial charge in [-0.25, -0.2) is 9.03 Å². The molecule has 8 nitrogen and oxygen atoms in total. The standard InChI is InChI=1S/C13H14N4O4S/c18-12-7-9(1-3-10-5-6-14-15-10)2-4-11(12)17-8-13(19)16-22(17,20)21/h2,4-8,16,18-19H,1,3H2,(H,14,15). The predicted octanol–water partition coefficient (Wildman–Crippen LogP) is 0.912. The number of aromatic hydroxyl groups is 1. The van der Waals surface area contributed by atoms with Gasteiger partial charge in [-0.2, -0.15) is 13.5 Å². The predicted molar refractivity (Wildman–Crippen MR) is 79.3 cm³/mol. The van der Waals surface area contributed by atoms with Gasteiger partial charge in [-0.05, 0) is 36.6 Å². The molecule has 1 aromatic carbocycles. The number of benzene rings is 1. The summed E-state index contributed by atoms with van der Waals surface area (Å²) in [5, 5.41) is 26.0. The summed E-state index contributed by atoms with van der Waals surface area (Å²) >= 11 is 0. The van der Waals surface area contributed by atoms with E-state index in [9.17, 15) is 18.6 Å². The average molecular weight is 322 g/mol. The van der Waals surface area contributed by atoms with Crippen LogP contribution >= 0.6 is 0 Å². The van der Waals surface area contributed by atoms with E-state index in [0.717, 1.165) is 28.2 Å². The first-order valence-electron chi connectivity index (χ1n) is 6.49. The van der Waals surface area contributed by atoms with Crippen molar-refractivity contribution < 1.29 is 18.6 Å². The fourth-order valence-corrected chi connectivity index (χ4v) is 3.27. The number of phenols is 1. The first-order valence-corrected chi connectivity index (χ1v) is 7.93. The lowest BCUT2D eigenvalue weighted by Crippen LogP contribution is -2.29. The minimum absolute atomic E-state index is 0.0711. The molecule has 0 spiro atoms. The van der Waals surface area contributed by atoms with Crippen molar-refractivity contribution in [2.24, 2.45) is 0 Å². The summed E-state index contributed by atoms with van der Waals surface area (Å²) < 4.78 is 26.3. The van der Waals surface area contributed by atoms with Gasteiger partial charge in [-0.15, -0.1) is 0 Å². The van der Waals surface area contributed by atoms with Crippen LogP contribution in [-0.2, 0) is 23.1 Å². The van der Waals surface area contributed by atoms with Gasteiger partial charge in [0.05, 0.1) is 6.20 Å². The molecule has 0 saturated carbocycles. The number of phenolic OH excluding ortho intramolecular Hbond substituents is 1. The number of aliphatic hydroxyl groups is 1. The van der Waals surface area contributed by atoms with E-state index in [-0.39, 0.29) is 11.4 Å². The Morgan fingerprint density at radius 1 is 1.18 bits per heavy atom. The highest BCUT2D eigenvalue weighted by Gasteiger charge is 2.30. The summed E-state index contributed by atoms with van der Waals surface area (Å²) in [4.78, 5) is 0. The molecule has 0 amide bonds. The normalized spacial score (nSPS) is 16.4. The van der Waals surface area contributed by atoms with Crippen molar-refractivity contribution in [2.45, 2.75) is 12.8 Å². The topological polar surface area (TPSA) is 119 Å². The average Bonchev–Trinajstić information content (AvgIpc) is 3.04. The number of nitrogens with zero attached hydrogens (tertiary/aromatic N) is 2. The van der Waals surface area contributed by atoms with Gasteiger partial charge in [-0.1, -0.05) is 6.07 Å². The number of hydrogen-bond donors (Lipinski definition) is 4. The summed E-state index contributed by atoms with van der Waals surface area (Å²) in [6, 6.07) is 6.59. The molecule has 2 aromatic rings. The molecule has 1 aliphatic rings. The number of rotatable bonds is 4. The van der Waals surface area contributed by atoms with Crippen molar-refractivity contribution >= 4 is 15.9 Å². The van der Waals surface area contributed by atoms with Gasteiger partial charge in [0.25, 0.3) is 0 Å².